The molecule has 2 saturated heterocycles. The molecule has 25 heavy (non-hydrogen) atoms. The van der Waals surface area contributed by atoms with Gasteiger partial charge in [-0.05, 0) is 37.1 Å². The first kappa shape index (κ1) is 15.8. The van der Waals surface area contributed by atoms with E-state index in [1.54, 1.807) is 0 Å². The average Bonchev–Trinajstić information content (AvgIpc) is 2.99. The minimum Gasteiger partial charge on any atom is -0.354 e. The number of nitrogens with two attached hydrogens (primary N) is 1. The van der Waals surface area contributed by atoms with E-state index in [0.717, 1.165) is 60.7 Å². The largest absolute Gasteiger partial charge is 0.354 e. The van der Waals surface area contributed by atoms with Gasteiger partial charge in [-0.2, -0.15) is 0 Å². The van der Waals surface area contributed by atoms with Gasteiger partial charge in [0.05, 0.1) is 0 Å². The van der Waals surface area contributed by atoms with Crippen molar-refractivity contribution in [3.05, 3.63) is 30.9 Å². The highest BCUT2D eigenvalue weighted by molar-refractivity contribution is 6.04. The minimum absolute atomic E-state index is 0.179. The molecule has 1 atom stereocenters. The second kappa shape index (κ2) is 6.33. The fourth-order valence-electron chi connectivity index (χ4n) is 3.37. The molecule has 2 aliphatic heterocycles. The van der Waals surface area contributed by atoms with Crippen molar-refractivity contribution in [2.75, 3.05) is 41.3 Å². The smallest absolute Gasteiger partial charge is 0.247 e. The first-order chi connectivity index (χ1) is 12.2. The summed E-state index contributed by atoms with van der Waals surface area (Å²) in [6.07, 6.45) is 3.39. The third-order valence-corrected chi connectivity index (χ3v) is 4.87. The second-order valence-corrected chi connectivity index (χ2v) is 6.64. The van der Waals surface area contributed by atoms with Crippen molar-refractivity contribution >= 4 is 34.0 Å². The Morgan fingerprint density at radius 1 is 1.20 bits per heavy atom. The van der Waals surface area contributed by atoms with Crippen molar-refractivity contribution in [2.24, 2.45) is 5.73 Å². The normalized spacial score (nSPS) is 19.8. The monoisotopic (exact) mass is 338 g/mol. The van der Waals surface area contributed by atoms with E-state index in [9.17, 15) is 4.79 Å². The molecular formula is C18H22N6O. The van der Waals surface area contributed by atoms with Gasteiger partial charge in [0, 0.05) is 48.7 Å². The van der Waals surface area contributed by atoms with Crippen molar-refractivity contribution in [1.82, 2.24) is 10.2 Å². The van der Waals surface area contributed by atoms with Crippen LogP contribution >= 0.6 is 0 Å². The van der Waals surface area contributed by atoms with E-state index in [0.29, 0.717) is 0 Å². The van der Waals surface area contributed by atoms with Crippen molar-refractivity contribution < 1.29 is 4.79 Å². The van der Waals surface area contributed by atoms with Gasteiger partial charge in [0.1, 0.15) is 0 Å². The van der Waals surface area contributed by atoms with Gasteiger partial charge >= 0.3 is 0 Å². The molecule has 0 radical (unpaired) electrons. The molecule has 0 spiro atoms. The van der Waals surface area contributed by atoms with Crippen molar-refractivity contribution in [3.63, 3.8) is 0 Å². The summed E-state index contributed by atoms with van der Waals surface area (Å²) in [5, 5.41) is 13.9. The molecule has 1 aromatic heterocycles. The Morgan fingerprint density at radius 3 is 2.56 bits per heavy atom. The van der Waals surface area contributed by atoms with E-state index in [2.05, 4.69) is 31.9 Å². The van der Waals surface area contributed by atoms with Gasteiger partial charge in [-0.25, -0.2) is 0 Å². The zero-order chi connectivity index (χ0) is 17.4. The maximum absolute atomic E-state index is 11.6. The van der Waals surface area contributed by atoms with Crippen molar-refractivity contribution in [2.45, 2.75) is 18.9 Å². The molecule has 0 unspecified atom stereocenters. The van der Waals surface area contributed by atoms with Crippen LogP contribution in [0.4, 0.5) is 17.3 Å². The third kappa shape index (κ3) is 2.91. The van der Waals surface area contributed by atoms with Gasteiger partial charge < -0.3 is 20.9 Å². The minimum atomic E-state index is -0.224. The van der Waals surface area contributed by atoms with Crippen molar-refractivity contribution in [1.29, 1.82) is 0 Å². The lowest BCUT2D eigenvalue weighted by atomic mass is 10.1. The fraction of sp³-hybridized carbons (Fsp3) is 0.389. The Balaban J connectivity index is 1.80. The summed E-state index contributed by atoms with van der Waals surface area (Å²) >= 11 is 0. The highest BCUT2D eigenvalue weighted by Gasteiger charge is 2.25. The van der Waals surface area contributed by atoms with E-state index >= 15 is 0 Å². The van der Waals surface area contributed by atoms with E-state index in [4.69, 9.17) is 5.73 Å². The summed E-state index contributed by atoms with van der Waals surface area (Å²) in [5.41, 5.74) is 6.79. The maximum atomic E-state index is 11.6. The lowest BCUT2D eigenvalue weighted by Gasteiger charge is -2.33. The Hall–Kier alpha value is -2.67. The van der Waals surface area contributed by atoms with Crippen molar-refractivity contribution in [3.8, 4) is 0 Å². The van der Waals surface area contributed by atoms with Crippen LogP contribution in [-0.4, -0.2) is 48.3 Å². The Labute approximate surface area is 146 Å². The summed E-state index contributed by atoms with van der Waals surface area (Å²) in [7, 11) is 0. The number of benzene rings is 1. The first-order valence-electron chi connectivity index (χ1n) is 8.65. The molecule has 7 heteroatoms. The highest BCUT2D eigenvalue weighted by Crippen LogP contribution is 2.35. The number of nitrogens with zero attached hydrogens (tertiary/aromatic N) is 4. The van der Waals surface area contributed by atoms with Crippen LogP contribution in [-0.2, 0) is 4.79 Å². The summed E-state index contributed by atoms with van der Waals surface area (Å²) in [4.78, 5) is 16.0. The Morgan fingerprint density at radius 2 is 1.96 bits per heavy atom. The van der Waals surface area contributed by atoms with Crippen LogP contribution in [0.5, 0.6) is 0 Å². The highest BCUT2D eigenvalue weighted by atomic mass is 16.1. The molecule has 3 N–H and O–H groups in total. The third-order valence-electron chi connectivity index (χ3n) is 4.87. The summed E-state index contributed by atoms with van der Waals surface area (Å²) in [5.74, 6) is 1.52. The number of fused-ring (bicyclic) bond motifs is 1. The molecule has 2 aromatic rings. The number of carbonyl (C=O) groups excluding carboxylic acids is 1. The number of amides is 1. The number of rotatable bonds is 4. The van der Waals surface area contributed by atoms with Crippen LogP contribution in [0.1, 0.15) is 12.8 Å². The average molecular weight is 338 g/mol. The number of anilines is 3. The molecule has 0 aliphatic carbocycles. The van der Waals surface area contributed by atoms with Gasteiger partial charge in [0.15, 0.2) is 11.6 Å². The second-order valence-electron chi connectivity index (χ2n) is 6.64. The van der Waals surface area contributed by atoms with Gasteiger partial charge in [-0.3, -0.25) is 4.79 Å². The lowest BCUT2D eigenvalue weighted by molar-refractivity contribution is -0.111. The molecule has 0 saturated carbocycles. The molecule has 3 heterocycles. The maximum Gasteiger partial charge on any atom is 0.247 e. The molecule has 1 aromatic carbocycles. The molecule has 1 amide bonds. The predicted octanol–water partition coefficient (Wildman–Crippen LogP) is 1.50. The predicted molar refractivity (Wildman–Crippen MR) is 100 cm³/mol. The SMILES string of the molecule is C=CC(=O)Nc1ccc2c(N3CC[C@@H](N)C3)nnc(N3CCC3)c2c1. The van der Waals surface area contributed by atoms with Gasteiger partial charge in [0.25, 0.3) is 0 Å². The van der Waals surface area contributed by atoms with Crippen LogP contribution in [0.15, 0.2) is 30.9 Å². The number of hydrogen-bond donors (Lipinski definition) is 2. The Kier molecular flexibility index (Phi) is 4.01. The van der Waals surface area contributed by atoms with Gasteiger partial charge in [-0.1, -0.05) is 6.58 Å². The standard InChI is InChI=1S/C18H22N6O/c1-2-16(25)20-13-4-5-14-15(10-13)18(23-7-3-8-23)22-21-17(14)24-9-6-12(19)11-24/h2,4-5,10,12H,1,3,6-9,11,19H2,(H,20,25)/t12-/m1/s1. The molecule has 0 bridgehead atoms. The van der Waals surface area contributed by atoms with Crippen LogP contribution < -0.4 is 20.9 Å². The molecular weight excluding hydrogens is 316 g/mol. The van der Waals surface area contributed by atoms with Crippen LogP contribution in [0.3, 0.4) is 0 Å². The quantitative estimate of drug-likeness (QED) is 0.822. The summed E-state index contributed by atoms with van der Waals surface area (Å²) in [6.45, 7) is 7.16. The van der Waals surface area contributed by atoms with E-state index in [-0.39, 0.29) is 11.9 Å². The number of hydrogen-bond acceptors (Lipinski definition) is 6. The number of nitrogens with one attached hydrogen (secondary N) is 1. The van der Waals surface area contributed by atoms with Crippen LogP contribution in [0.2, 0.25) is 0 Å². The zero-order valence-electron chi connectivity index (χ0n) is 14.1. The van der Waals surface area contributed by atoms with Gasteiger partial charge in [-0.15, -0.1) is 10.2 Å². The summed E-state index contributed by atoms with van der Waals surface area (Å²) < 4.78 is 0. The Bertz CT molecular complexity index is 832. The van der Waals surface area contributed by atoms with E-state index in [1.807, 2.05) is 18.2 Å². The van der Waals surface area contributed by atoms with Crippen LogP contribution in [0, 0.1) is 0 Å². The van der Waals surface area contributed by atoms with Crippen LogP contribution in [0.25, 0.3) is 10.8 Å². The summed E-state index contributed by atoms with van der Waals surface area (Å²) in [6, 6.07) is 6.05. The van der Waals surface area contributed by atoms with Gasteiger partial charge in [0.2, 0.25) is 5.91 Å². The first-order valence-corrected chi connectivity index (χ1v) is 8.65. The zero-order valence-corrected chi connectivity index (χ0v) is 14.1. The number of carbonyl (C=O) groups is 1. The van der Waals surface area contributed by atoms with E-state index < -0.39 is 0 Å². The lowest BCUT2D eigenvalue weighted by Crippen LogP contribution is -2.38. The molecule has 7 nitrogen and oxygen atoms in total. The topological polar surface area (TPSA) is 87.4 Å². The number of aromatic nitrogens is 2. The molecule has 2 fully saturated rings. The molecule has 4 rings (SSSR count). The molecule has 130 valence electrons. The molecule has 2 aliphatic rings. The van der Waals surface area contributed by atoms with E-state index in [1.165, 1.54) is 12.5 Å². The fourth-order valence-corrected chi connectivity index (χ4v) is 3.37.